The minimum atomic E-state index is -1.47. The van der Waals surface area contributed by atoms with Crippen molar-refractivity contribution in [3.63, 3.8) is 0 Å². The lowest BCUT2D eigenvalue weighted by Gasteiger charge is -2.21. The molecule has 0 saturated heterocycles. The summed E-state index contributed by atoms with van der Waals surface area (Å²) in [5.74, 6) is -1.46. The Hall–Kier alpha value is -0.440. The van der Waals surface area contributed by atoms with Gasteiger partial charge in [-0.05, 0) is 44.8 Å². The summed E-state index contributed by atoms with van der Waals surface area (Å²) in [5.41, 5.74) is -1.47. The lowest BCUT2D eigenvalue weighted by atomic mass is 10.0. The maximum absolute atomic E-state index is 11.7. The third-order valence-corrected chi connectivity index (χ3v) is 5.29. The molecule has 1 heterocycles. The normalized spacial score (nSPS) is 14.0. The Labute approximate surface area is 124 Å². The smallest absolute Gasteiger partial charge is 0.306 e. The summed E-state index contributed by atoms with van der Waals surface area (Å²) in [7, 11) is 0. The van der Waals surface area contributed by atoms with Gasteiger partial charge in [-0.1, -0.05) is 0 Å². The lowest BCUT2D eigenvalue weighted by molar-refractivity contribution is -0.141. The number of aliphatic hydroxyl groups is 1. The Morgan fingerprint density at radius 3 is 2.56 bits per heavy atom. The van der Waals surface area contributed by atoms with Crippen LogP contribution in [0.5, 0.6) is 0 Å². The second kappa shape index (κ2) is 6.14. The predicted octanol–water partition coefficient (Wildman–Crippen LogP) is 2.23. The third-order valence-electron chi connectivity index (χ3n) is 2.03. The van der Waals surface area contributed by atoms with Crippen LogP contribution in [0, 0.1) is 0 Å². The number of aliphatic carboxylic acids is 1. The highest BCUT2D eigenvalue weighted by Crippen LogP contribution is 2.32. The Balaban J connectivity index is 2.58. The van der Waals surface area contributed by atoms with Gasteiger partial charge < -0.3 is 15.5 Å². The minimum Gasteiger partial charge on any atom is -0.481 e. The van der Waals surface area contributed by atoms with E-state index in [1.54, 1.807) is 6.07 Å². The van der Waals surface area contributed by atoms with Gasteiger partial charge in [0, 0.05) is 11.0 Å². The van der Waals surface area contributed by atoms with E-state index in [1.807, 2.05) is 0 Å². The Bertz CT molecular complexity index is 453. The maximum atomic E-state index is 11.7. The first-order valence-electron chi connectivity index (χ1n) is 4.88. The fourth-order valence-electron chi connectivity index (χ4n) is 1.20. The van der Waals surface area contributed by atoms with Gasteiger partial charge in [-0.25, -0.2) is 0 Å². The molecular formula is C10H11Br2NO4S. The zero-order valence-electron chi connectivity index (χ0n) is 9.37. The molecule has 0 bridgehead atoms. The summed E-state index contributed by atoms with van der Waals surface area (Å²) in [6.07, 6.45) is -0.425. The molecule has 18 heavy (non-hydrogen) atoms. The van der Waals surface area contributed by atoms with E-state index < -0.39 is 18.0 Å². The van der Waals surface area contributed by atoms with E-state index in [2.05, 4.69) is 37.2 Å². The monoisotopic (exact) mass is 399 g/mol. The standard InChI is InChI=1S/C10H11Br2NO4S/c1-10(17,3-7(14)15)4-13-9(16)6-2-5(11)8(12)18-6/h2,17H,3-4H2,1H3,(H,13,16)(H,14,15). The van der Waals surface area contributed by atoms with Gasteiger partial charge in [0.1, 0.15) is 0 Å². The molecule has 0 radical (unpaired) electrons. The molecule has 0 aliphatic heterocycles. The first-order valence-corrected chi connectivity index (χ1v) is 7.29. The van der Waals surface area contributed by atoms with Crippen LogP contribution in [0.3, 0.4) is 0 Å². The van der Waals surface area contributed by atoms with Crippen LogP contribution in [0.2, 0.25) is 0 Å². The number of rotatable bonds is 5. The van der Waals surface area contributed by atoms with E-state index in [0.717, 1.165) is 8.26 Å². The van der Waals surface area contributed by atoms with E-state index in [4.69, 9.17) is 5.11 Å². The Morgan fingerprint density at radius 1 is 1.50 bits per heavy atom. The van der Waals surface area contributed by atoms with Gasteiger partial charge in [0.05, 0.1) is 20.7 Å². The zero-order chi connectivity index (χ0) is 13.9. The van der Waals surface area contributed by atoms with Crippen LogP contribution in [0.1, 0.15) is 23.0 Å². The van der Waals surface area contributed by atoms with Gasteiger partial charge in [-0.15, -0.1) is 11.3 Å². The first-order chi connectivity index (χ1) is 8.21. The molecule has 0 aliphatic carbocycles. The number of carboxylic acids is 1. The van der Waals surface area contributed by atoms with E-state index in [9.17, 15) is 14.7 Å². The lowest BCUT2D eigenvalue weighted by Crippen LogP contribution is -2.41. The SMILES string of the molecule is CC(O)(CNC(=O)c1cc(Br)c(Br)s1)CC(=O)O. The summed E-state index contributed by atoms with van der Waals surface area (Å²) < 4.78 is 1.57. The molecule has 1 unspecified atom stereocenters. The number of amides is 1. The van der Waals surface area contributed by atoms with Crippen molar-refractivity contribution in [3.8, 4) is 0 Å². The molecule has 1 amide bonds. The molecule has 0 aromatic carbocycles. The van der Waals surface area contributed by atoms with Crippen molar-refractivity contribution in [1.29, 1.82) is 0 Å². The number of hydrogen-bond acceptors (Lipinski definition) is 4. The van der Waals surface area contributed by atoms with Gasteiger partial charge in [-0.2, -0.15) is 0 Å². The first kappa shape index (κ1) is 15.6. The van der Waals surface area contributed by atoms with E-state index >= 15 is 0 Å². The molecule has 100 valence electrons. The van der Waals surface area contributed by atoms with E-state index in [-0.39, 0.29) is 12.5 Å². The second-order valence-electron chi connectivity index (χ2n) is 3.98. The molecule has 5 nitrogen and oxygen atoms in total. The molecule has 0 saturated carbocycles. The number of hydrogen-bond donors (Lipinski definition) is 3. The highest BCUT2D eigenvalue weighted by molar-refractivity contribution is 9.13. The van der Waals surface area contributed by atoms with Crippen molar-refractivity contribution >= 4 is 55.1 Å². The molecule has 0 spiro atoms. The summed E-state index contributed by atoms with van der Waals surface area (Å²) in [5, 5.41) is 20.8. The van der Waals surface area contributed by atoms with Crippen LogP contribution < -0.4 is 5.32 Å². The van der Waals surface area contributed by atoms with Gasteiger partial charge in [0.25, 0.3) is 5.91 Å². The van der Waals surface area contributed by atoms with Crippen LogP contribution in [-0.4, -0.2) is 34.2 Å². The van der Waals surface area contributed by atoms with Crippen molar-refractivity contribution < 1.29 is 19.8 Å². The van der Waals surface area contributed by atoms with Gasteiger partial charge in [0.2, 0.25) is 0 Å². The molecule has 0 aliphatic rings. The van der Waals surface area contributed by atoms with Crippen molar-refractivity contribution in [2.75, 3.05) is 6.54 Å². The number of halogens is 2. The molecule has 1 rings (SSSR count). The highest BCUT2D eigenvalue weighted by atomic mass is 79.9. The number of nitrogens with one attached hydrogen (secondary N) is 1. The van der Waals surface area contributed by atoms with Crippen LogP contribution in [-0.2, 0) is 4.79 Å². The van der Waals surface area contributed by atoms with Gasteiger partial charge >= 0.3 is 5.97 Å². The third kappa shape index (κ3) is 4.68. The zero-order valence-corrected chi connectivity index (χ0v) is 13.4. The molecule has 3 N–H and O–H groups in total. The van der Waals surface area contributed by atoms with Crippen LogP contribution in [0.4, 0.5) is 0 Å². The molecule has 1 aromatic rings. The van der Waals surface area contributed by atoms with E-state index in [1.165, 1.54) is 18.3 Å². The summed E-state index contributed by atoms with van der Waals surface area (Å²) in [6.45, 7) is 1.24. The number of thiophene rings is 1. The van der Waals surface area contributed by atoms with Crippen LogP contribution >= 0.6 is 43.2 Å². The topological polar surface area (TPSA) is 86.6 Å². The predicted molar refractivity (Wildman–Crippen MR) is 74.9 cm³/mol. The fourth-order valence-corrected chi connectivity index (χ4v) is 3.16. The van der Waals surface area contributed by atoms with Crippen molar-refractivity contribution in [3.05, 3.63) is 19.2 Å². The average Bonchev–Trinajstić information content (AvgIpc) is 2.54. The molecule has 8 heteroatoms. The molecular weight excluding hydrogens is 390 g/mol. The summed E-state index contributed by atoms with van der Waals surface area (Å²) in [6, 6.07) is 1.65. The van der Waals surface area contributed by atoms with Crippen LogP contribution in [0.15, 0.2) is 14.3 Å². The number of carboxylic acid groups (broad SMARTS) is 1. The van der Waals surface area contributed by atoms with Crippen molar-refractivity contribution in [2.24, 2.45) is 0 Å². The summed E-state index contributed by atoms with van der Waals surface area (Å²) >= 11 is 7.78. The minimum absolute atomic E-state index is 0.120. The largest absolute Gasteiger partial charge is 0.481 e. The maximum Gasteiger partial charge on any atom is 0.306 e. The van der Waals surface area contributed by atoms with E-state index in [0.29, 0.717) is 4.88 Å². The quantitative estimate of drug-likeness (QED) is 0.707. The van der Waals surface area contributed by atoms with Crippen molar-refractivity contribution in [2.45, 2.75) is 18.9 Å². The average molecular weight is 401 g/mol. The number of carbonyl (C=O) groups excluding carboxylic acids is 1. The summed E-state index contributed by atoms with van der Waals surface area (Å²) in [4.78, 5) is 22.7. The molecule has 1 aromatic heterocycles. The van der Waals surface area contributed by atoms with Crippen LogP contribution in [0.25, 0.3) is 0 Å². The van der Waals surface area contributed by atoms with Gasteiger partial charge in [-0.3, -0.25) is 9.59 Å². The van der Waals surface area contributed by atoms with Gasteiger partial charge in [0.15, 0.2) is 0 Å². The Morgan fingerprint density at radius 2 is 2.11 bits per heavy atom. The molecule has 0 fully saturated rings. The fraction of sp³-hybridized carbons (Fsp3) is 0.400. The molecule has 1 atom stereocenters. The highest BCUT2D eigenvalue weighted by Gasteiger charge is 2.25. The second-order valence-corrected chi connectivity index (χ2v) is 7.21. The van der Waals surface area contributed by atoms with Crippen molar-refractivity contribution in [1.82, 2.24) is 5.32 Å². The number of carbonyl (C=O) groups is 2. The Kier molecular flexibility index (Phi) is 5.32.